The van der Waals surface area contributed by atoms with Gasteiger partial charge in [0.2, 0.25) is 0 Å². The van der Waals surface area contributed by atoms with Crippen LogP contribution >= 0.6 is 0 Å². The van der Waals surface area contributed by atoms with Gasteiger partial charge in [0.15, 0.2) is 0 Å². The Bertz CT molecular complexity index is 1200. The lowest BCUT2D eigenvalue weighted by atomic mass is 9.95. The number of aryl methyl sites for hydroxylation is 1. The minimum Gasteiger partial charge on any atom is -0.395 e. The molecule has 3 aromatic rings. The van der Waals surface area contributed by atoms with E-state index in [1.807, 2.05) is 49.6 Å². The standard InChI is InChI=1S/C24H26N4O4/c1-26-11-5-8-20(26)23(31)27-12-9-19-18(15-27)16-28(14-17-6-3-2-4-7-17)24(32)21(19)22(30)25-10-13-29/h2-8,11,16,29H,9-10,12-15H2,1H3,(H,25,30). The van der Waals surface area contributed by atoms with Gasteiger partial charge in [0.25, 0.3) is 17.4 Å². The van der Waals surface area contributed by atoms with Crippen molar-refractivity contribution in [3.8, 4) is 0 Å². The summed E-state index contributed by atoms with van der Waals surface area (Å²) in [5.74, 6) is -0.583. The first-order chi connectivity index (χ1) is 15.5. The number of hydrogen-bond acceptors (Lipinski definition) is 4. The first-order valence-electron chi connectivity index (χ1n) is 10.6. The summed E-state index contributed by atoms with van der Waals surface area (Å²) in [6.07, 6.45) is 4.00. The minimum absolute atomic E-state index is 0.0682. The number of hydrogen-bond donors (Lipinski definition) is 2. The quantitative estimate of drug-likeness (QED) is 0.609. The minimum atomic E-state index is -0.495. The van der Waals surface area contributed by atoms with E-state index in [1.54, 1.807) is 21.7 Å². The molecule has 0 spiro atoms. The first-order valence-corrected chi connectivity index (χ1v) is 10.6. The molecule has 3 heterocycles. The van der Waals surface area contributed by atoms with Crippen LogP contribution in [0.3, 0.4) is 0 Å². The van der Waals surface area contributed by atoms with Gasteiger partial charge in [0, 0.05) is 39.1 Å². The van der Waals surface area contributed by atoms with Crippen molar-refractivity contribution < 1.29 is 14.7 Å². The molecule has 0 radical (unpaired) electrons. The fourth-order valence-electron chi connectivity index (χ4n) is 4.12. The van der Waals surface area contributed by atoms with Crippen LogP contribution in [-0.4, -0.2) is 50.7 Å². The summed E-state index contributed by atoms with van der Waals surface area (Å²) >= 11 is 0. The smallest absolute Gasteiger partial charge is 0.270 e. The van der Waals surface area contributed by atoms with Crippen LogP contribution in [0.1, 0.15) is 37.5 Å². The van der Waals surface area contributed by atoms with Crippen LogP contribution in [0.5, 0.6) is 0 Å². The number of aliphatic hydroxyl groups excluding tert-OH is 1. The highest BCUT2D eigenvalue weighted by molar-refractivity contribution is 5.96. The molecule has 1 aromatic carbocycles. The first kappa shape index (κ1) is 21.6. The monoisotopic (exact) mass is 434 g/mol. The van der Waals surface area contributed by atoms with Crippen LogP contribution < -0.4 is 10.9 Å². The van der Waals surface area contributed by atoms with Crippen molar-refractivity contribution in [1.29, 1.82) is 0 Å². The van der Waals surface area contributed by atoms with Gasteiger partial charge in [-0.15, -0.1) is 0 Å². The molecule has 32 heavy (non-hydrogen) atoms. The van der Waals surface area contributed by atoms with E-state index in [9.17, 15) is 14.4 Å². The molecule has 4 rings (SSSR count). The van der Waals surface area contributed by atoms with E-state index in [0.717, 1.165) is 11.1 Å². The molecule has 0 atom stereocenters. The second-order valence-corrected chi connectivity index (χ2v) is 7.89. The van der Waals surface area contributed by atoms with Crippen molar-refractivity contribution in [2.75, 3.05) is 19.7 Å². The zero-order chi connectivity index (χ0) is 22.7. The molecule has 0 saturated heterocycles. The molecular formula is C24H26N4O4. The molecule has 8 heteroatoms. The fraction of sp³-hybridized carbons (Fsp3) is 0.292. The molecule has 1 aliphatic heterocycles. The Morgan fingerprint density at radius 3 is 2.59 bits per heavy atom. The van der Waals surface area contributed by atoms with Crippen molar-refractivity contribution in [2.24, 2.45) is 7.05 Å². The van der Waals surface area contributed by atoms with E-state index in [2.05, 4.69) is 5.32 Å². The number of amides is 2. The van der Waals surface area contributed by atoms with Crippen LogP contribution in [-0.2, 0) is 26.6 Å². The van der Waals surface area contributed by atoms with E-state index < -0.39 is 5.91 Å². The van der Waals surface area contributed by atoms with Crippen molar-refractivity contribution in [3.63, 3.8) is 0 Å². The molecule has 0 fully saturated rings. The zero-order valence-electron chi connectivity index (χ0n) is 18.0. The van der Waals surface area contributed by atoms with E-state index in [4.69, 9.17) is 5.11 Å². The zero-order valence-corrected chi connectivity index (χ0v) is 18.0. The number of nitrogens with zero attached hydrogens (tertiary/aromatic N) is 3. The number of carbonyl (C=O) groups is 2. The number of rotatable bonds is 6. The van der Waals surface area contributed by atoms with Gasteiger partial charge < -0.3 is 24.5 Å². The van der Waals surface area contributed by atoms with Gasteiger partial charge in [0.1, 0.15) is 11.3 Å². The van der Waals surface area contributed by atoms with Gasteiger partial charge in [-0.2, -0.15) is 0 Å². The van der Waals surface area contributed by atoms with E-state index in [1.165, 1.54) is 4.57 Å². The molecule has 0 aliphatic carbocycles. The average molecular weight is 434 g/mol. The summed E-state index contributed by atoms with van der Waals surface area (Å²) in [5, 5.41) is 11.7. The molecule has 2 aromatic heterocycles. The van der Waals surface area contributed by atoms with Crippen LogP contribution in [0.15, 0.2) is 59.7 Å². The maximum atomic E-state index is 13.3. The second kappa shape index (κ2) is 9.23. The topological polar surface area (TPSA) is 96.6 Å². The van der Waals surface area contributed by atoms with Gasteiger partial charge in [-0.05, 0) is 35.2 Å². The maximum absolute atomic E-state index is 13.3. The fourth-order valence-corrected chi connectivity index (χ4v) is 4.12. The van der Waals surface area contributed by atoms with Crippen LogP contribution in [0.4, 0.5) is 0 Å². The lowest BCUT2D eigenvalue weighted by Gasteiger charge is -2.30. The molecule has 166 valence electrons. The van der Waals surface area contributed by atoms with Crippen molar-refractivity contribution in [3.05, 3.63) is 93.2 Å². The van der Waals surface area contributed by atoms with Crippen LogP contribution in [0.25, 0.3) is 0 Å². The molecular weight excluding hydrogens is 408 g/mol. The van der Waals surface area contributed by atoms with Crippen molar-refractivity contribution in [2.45, 2.75) is 19.5 Å². The summed E-state index contributed by atoms with van der Waals surface area (Å²) in [6.45, 7) is 0.907. The number of pyridine rings is 1. The SMILES string of the molecule is Cn1cccc1C(=O)N1CCc2c(cn(Cc3ccccc3)c(=O)c2C(=O)NCCO)C1. The third kappa shape index (κ3) is 4.22. The lowest BCUT2D eigenvalue weighted by Crippen LogP contribution is -2.42. The highest BCUT2D eigenvalue weighted by Gasteiger charge is 2.29. The molecule has 2 N–H and O–H groups in total. The Labute approximate surface area is 185 Å². The Morgan fingerprint density at radius 1 is 1.12 bits per heavy atom. The average Bonchev–Trinajstić information content (AvgIpc) is 3.23. The summed E-state index contributed by atoms with van der Waals surface area (Å²) in [5.41, 5.74) is 2.70. The highest BCUT2D eigenvalue weighted by Crippen LogP contribution is 2.23. The Balaban J connectivity index is 1.73. The Hall–Kier alpha value is -3.65. The lowest BCUT2D eigenvalue weighted by molar-refractivity contribution is 0.0724. The van der Waals surface area contributed by atoms with E-state index >= 15 is 0 Å². The molecule has 0 unspecified atom stereocenters. The highest BCUT2D eigenvalue weighted by atomic mass is 16.3. The van der Waals surface area contributed by atoms with Gasteiger partial charge in [0.05, 0.1) is 13.2 Å². The largest absolute Gasteiger partial charge is 0.395 e. The molecule has 0 bridgehead atoms. The van der Waals surface area contributed by atoms with Gasteiger partial charge >= 0.3 is 0 Å². The predicted octanol–water partition coefficient (Wildman–Crippen LogP) is 1.16. The molecule has 8 nitrogen and oxygen atoms in total. The van der Waals surface area contributed by atoms with Gasteiger partial charge in [-0.25, -0.2) is 0 Å². The number of fused-ring (bicyclic) bond motifs is 1. The molecule has 0 saturated carbocycles. The molecule has 1 aliphatic rings. The number of carbonyl (C=O) groups excluding carboxylic acids is 2. The van der Waals surface area contributed by atoms with Gasteiger partial charge in [-0.3, -0.25) is 14.4 Å². The normalized spacial score (nSPS) is 13.0. The van der Waals surface area contributed by atoms with E-state index in [-0.39, 0.29) is 30.2 Å². The number of aromatic nitrogens is 2. The summed E-state index contributed by atoms with van der Waals surface area (Å²) in [4.78, 5) is 40.8. The molecule has 2 amide bonds. The predicted molar refractivity (Wildman–Crippen MR) is 120 cm³/mol. The third-order valence-electron chi connectivity index (χ3n) is 5.74. The van der Waals surface area contributed by atoms with Crippen molar-refractivity contribution in [1.82, 2.24) is 19.4 Å². The van der Waals surface area contributed by atoms with Crippen molar-refractivity contribution >= 4 is 11.8 Å². The number of aliphatic hydroxyl groups is 1. The van der Waals surface area contributed by atoms with Crippen LogP contribution in [0.2, 0.25) is 0 Å². The second-order valence-electron chi connectivity index (χ2n) is 7.89. The van der Waals surface area contributed by atoms with Gasteiger partial charge in [-0.1, -0.05) is 30.3 Å². The third-order valence-corrected chi connectivity index (χ3v) is 5.74. The summed E-state index contributed by atoms with van der Waals surface area (Å²) in [6, 6.07) is 13.1. The van der Waals surface area contributed by atoms with Crippen LogP contribution in [0, 0.1) is 0 Å². The summed E-state index contributed by atoms with van der Waals surface area (Å²) < 4.78 is 3.31. The Kier molecular flexibility index (Phi) is 6.23. The number of benzene rings is 1. The Morgan fingerprint density at radius 2 is 1.91 bits per heavy atom. The number of nitrogens with one attached hydrogen (secondary N) is 1. The maximum Gasteiger partial charge on any atom is 0.270 e. The van der Waals surface area contributed by atoms with E-state index in [0.29, 0.717) is 37.3 Å². The summed E-state index contributed by atoms with van der Waals surface area (Å²) in [7, 11) is 1.83.